The molecule has 0 spiro atoms. The molecule has 1 N–H and O–H groups in total. The first-order chi connectivity index (χ1) is 10.2. The number of hydrogen-bond acceptors (Lipinski definition) is 2. The highest BCUT2D eigenvalue weighted by molar-refractivity contribution is 5.66. The molecule has 0 radical (unpaired) electrons. The summed E-state index contributed by atoms with van der Waals surface area (Å²) >= 11 is 0. The zero-order chi connectivity index (χ0) is 16.5. The minimum atomic E-state index is -4.80. The minimum absolute atomic E-state index is 0.0522. The molecular formula is C15H15F5O2. The van der Waals surface area contributed by atoms with Crippen LogP contribution in [-0.2, 0) is 4.74 Å². The van der Waals surface area contributed by atoms with Gasteiger partial charge in [-0.25, -0.2) is 8.78 Å². The summed E-state index contributed by atoms with van der Waals surface area (Å²) in [7, 11) is 0. The summed E-state index contributed by atoms with van der Waals surface area (Å²) in [4.78, 5) is 0. The van der Waals surface area contributed by atoms with E-state index >= 15 is 0 Å². The average molecular weight is 322 g/mol. The van der Waals surface area contributed by atoms with Crippen molar-refractivity contribution in [2.75, 3.05) is 0 Å². The summed E-state index contributed by atoms with van der Waals surface area (Å²) in [6, 6.07) is 2.97. The topological polar surface area (TPSA) is 29.5 Å². The van der Waals surface area contributed by atoms with Gasteiger partial charge in [0, 0.05) is 11.6 Å². The van der Waals surface area contributed by atoms with Gasteiger partial charge < -0.3 is 9.84 Å². The van der Waals surface area contributed by atoms with E-state index in [1.807, 2.05) is 0 Å². The van der Waals surface area contributed by atoms with Crippen LogP contribution in [0, 0.1) is 11.6 Å². The lowest BCUT2D eigenvalue weighted by molar-refractivity contribution is -0.261. The molecule has 2 nitrogen and oxygen atoms in total. The van der Waals surface area contributed by atoms with Gasteiger partial charge in [0.15, 0.2) is 6.10 Å². The standard InChI is InChI=1S/C15H15F5O2/c1-2-14(13(21)15(18,19)20)6-5-9(8-22-14)11-4-3-10(16)7-12(11)17/h3-4,7-8,13,21H,2,5-6H2,1H3. The van der Waals surface area contributed by atoms with Gasteiger partial charge in [-0.05, 0) is 37.0 Å². The number of halogens is 5. The number of benzene rings is 1. The normalized spacial score (nSPS) is 23.7. The maximum atomic E-state index is 13.7. The molecule has 122 valence electrons. The zero-order valence-corrected chi connectivity index (χ0v) is 11.8. The average Bonchev–Trinajstić information content (AvgIpc) is 2.46. The molecule has 2 rings (SSSR count). The van der Waals surface area contributed by atoms with Gasteiger partial charge in [-0.1, -0.05) is 6.92 Å². The number of hydrogen-bond donors (Lipinski definition) is 1. The van der Waals surface area contributed by atoms with Crippen molar-refractivity contribution in [3.63, 3.8) is 0 Å². The first kappa shape index (κ1) is 16.7. The molecule has 0 saturated carbocycles. The Morgan fingerprint density at radius 2 is 2.00 bits per heavy atom. The van der Waals surface area contributed by atoms with Crippen LogP contribution < -0.4 is 0 Å². The smallest absolute Gasteiger partial charge is 0.418 e. The minimum Gasteiger partial charge on any atom is -0.491 e. The van der Waals surface area contributed by atoms with Crippen molar-refractivity contribution in [2.24, 2.45) is 0 Å². The van der Waals surface area contributed by atoms with Gasteiger partial charge in [-0.15, -0.1) is 0 Å². The summed E-state index contributed by atoms with van der Waals surface area (Å²) in [5.41, 5.74) is -1.37. The molecule has 0 aromatic heterocycles. The Labute approximate surface area is 124 Å². The van der Waals surface area contributed by atoms with E-state index in [-0.39, 0.29) is 24.8 Å². The Kier molecular flexibility index (Phi) is 4.47. The summed E-state index contributed by atoms with van der Waals surface area (Å²) in [6.07, 6.45) is -6.48. The van der Waals surface area contributed by atoms with E-state index in [0.717, 1.165) is 12.3 Å². The highest BCUT2D eigenvalue weighted by Gasteiger charge is 2.54. The molecule has 0 saturated heterocycles. The number of rotatable bonds is 3. The van der Waals surface area contributed by atoms with Crippen molar-refractivity contribution in [1.82, 2.24) is 0 Å². The van der Waals surface area contributed by atoms with E-state index in [1.54, 1.807) is 0 Å². The van der Waals surface area contributed by atoms with Crippen molar-refractivity contribution in [3.05, 3.63) is 41.7 Å². The van der Waals surface area contributed by atoms with E-state index < -0.39 is 29.5 Å². The van der Waals surface area contributed by atoms with Crippen LogP contribution in [0.4, 0.5) is 22.0 Å². The molecule has 1 heterocycles. The highest BCUT2D eigenvalue weighted by Crippen LogP contribution is 2.42. The van der Waals surface area contributed by atoms with E-state index in [4.69, 9.17) is 4.74 Å². The molecule has 7 heteroatoms. The van der Waals surface area contributed by atoms with Crippen molar-refractivity contribution < 1.29 is 31.8 Å². The van der Waals surface area contributed by atoms with Gasteiger partial charge in [0.2, 0.25) is 0 Å². The van der Waals surface area contributed by atoms with Crippen LogP contribution in [0.3, 0.4) is 0 Å². The van der Waals surface area contributed by atoms with E-state index in [1.165, 1.54) is 13.0 Å². The van der Waals surface area contributed by atoms with Crippen molar-refractivity contribution in [2.45, 2.75) is 44.1 Å². The van der Waals surface area contributed by atoms with Crippen LogP contribution in [0.15, 0.2) is 24.5 Å². The lowest BCUT2D eigenvalue weighted by Gasteiger charge is -2.40. The van der Waals surface area contributed by atoms with Gasteiger partial charge in [0.25, 0.3) is 0 Å². The number of ether oxygens (including phenoxy) is 1. The quantitative estimate of drug-likeness (QED) is 0.846. The fraction of sp³-hybridized carbons (Fsp3) is 0.467. The Morgan fingerprint density at radius 3 is 2.45 bits per heavy atom. The first-order valence-electron chi connectivity index (χ1n) is 6.76. The Hall–Kier alpha value is -1.63. The third kappa shape index (κ3) is 3.09. The van der Waals surface area contributed by atoms with Crippen molar-refractivity contribution in [1.29, 1.82) is 0 Å². The number of alkyl halides is 3. The van der Waals surface area contributed by atoms with Gasteiger partial charge in [-0.2, -0.15) is 13.2 Å². The molecule has 0 fully saturated rings. The van der Waals surface area contributed by atoms with Crippen LogP contribution in [0.5, 0.6) is 0 Å². The maximum absolute atomic E-state index is 13.7. The van der Waals surface area contributed by atoms with E-state index in [9.17, 15) is 27.1 Å². The summed E-state index contributed by atoms with van der Waals surface area (Å²) in [5, 5.41) is 9.51. The molecule has 0 aliphatic carbocycles. The summed E-state index contributed by atoms with van der Waals surface area (Å²) in [6.45, 7) is 1.48. The monoisotopic (exact) mass is 322 g/mol. The number of allylic oxidation sites excluding steroid dienone is 1. The van der Waals surface area contributed by atoms with Crippen molar-refractivity contribution in [3.8, 4) is 0 Å². The van der Waals surface area contributed by atoms with Crippen LogP contribution in [-0.4, -0.2) is 23.0 Å². The zero-order valence-electron chi connectivity index (χ0n) is 11.8. The van der Waals surface area contributed by atoms with Crippen LogP contribution >= 0.6 is 0 Å². The Bertz CT molecular complexity index is 582. The predicted molar refractivity (Wildman–Crippen MR) is 69.7 cm³/mol. The third-order valence-corrected chi connectivity index (χ3v) is 3.94. The second-order valence-electron chi connectivity index (χ2n) is 5.25. The largest absolute Gasteiger partial charge is 0.491 e. The molecule has 2 unspecified atom stereocenters. The third-order valence-electron chi connectivity index (χ3n) is 3.94. The number of aliphatic hydroxyl groups excluding tert-OH is 1. The molecule has 1 aromatic rings. The lowest BCUT2D eigenvalue weighted by Crippen LogP contribution is -2.52. The Balaban J connectivity index is 2.27. The predicted octanol–water partition coefficient (Wildman–Crippen LogP) is 4.19. The van der Waals surface area contributed by atoms with Crippen LogP contribution in [0.2, 0.25) is 0 Å². The molecule has 0 bridgehead atoms. The fourth-order valence-electron chi connectivity index (χ4n) is 2.55. The second kappa shape index (κ2) is 5.87. The fourth-order valence-corrected chi connectivity index (χ4v) is 2.55. The van der Waals surface area contributed by atoms with Gasteiger partial charge in [0.1, 0.15) is 17.2 Å². The van der Waals surface area contributed by atoms with Gasteiger partial charge in [0.05, 0.1) is 6.26 Å². The Morgan fingerprint density at radius 1 is 1.32 bits per heavy atom. The van der Waals surface area contributed by atoms with E-state index in [2.05, 4.69) is 0 Å². The molecule has 0 amide bonds. The molecule has 1 aromatic carbocycles. The van der Waals surface area contributed by atoms with Gasteiger partial charge >= 0.3 is 6.18 Å². The van der Waals surface area contributed by atoms with Gasteiger partial charge in [-0.3, -0.25) is 0 Å². The summed E-state index contributed by atoms with van der Waals surface area (Å²) < 4.78 is 70.0. The van der Waals surface area contributed by atoms with E-state index in [0.29, 0.717) is 11.6 Å². The highest BCUT2D eigenvalue weighted by atomic mass is 19.4. The molecule has 1 aliphatic rings. The molecule has 22 heavy (non-hydrogen) atoms. The lowest BCUT2D eigenvalue weighted by atomic mass is 9.83. The first-order valence-corrected chi connectivity index (χ1v) is 6.76. The maximum Gasteiger partial charge on any atom is 0.418 e. The van der Waals surface area contributed by atoms with Crippen LogP contribution in [0.25, 0.3) is 5.57 Å². The van der Waals surface area contributed by atoms with Crippen LogP contribution in [0.1, 0.15) is 31.7 Å². The van der Waals surface area contributed by atoms with Crippen molar-refractivity contribution >= 4 is 5.57 Å². The molecular weight excluding hydrogens is 307 g/mol. The molecule has 2 atom stereocenters. The SMILES string of the molecule is CCC1(C(O)C(F)(F)F)CCC(c2ccc(F)cc2F)=CO1. The second-order valence-corrected chi connectivity index (χ2v) is 5.25. The number of aliphatic hydroxyl groups is 1. The summed E-state index contributed by atoms with van der Waals surface area (Å²) in [5.74, 6) is -1.55. The molecule has 1 aliphatic heterocycles.